The van der Waals surface area contributed by atoms with E-state index in [1.165, 1.54) is 12.5 Å². The van der Waals surface area contributed by atoms with E-state index in [0.717, 1.165) is 12.7 Å². The lowest BCUT2D eigenvalue weighted by molar-refractivity contribution is -0.139. The third-order valence-electron chi connectivity index (χ3n) is 1.69. The second-order valence-electron chi connectivity index (χ2n) is 2.92. The second kappa shape index (κ2) is 13.2. The number of benzene rings is 1. The first kappa shape index (κ1) is 18.5. The van der Waals surface area contributed by atoms with Gasteiger partial charge in [-0.1, -0.05) is 32.9 Å². The van der Waals surface area contributed by atoms with Gasteiger partial charge in [0.1, 0.15) is 12.0 Å². The smallest absolute Gasteiger partial charge is 0.341 e. The van der Waals surface area contributed by atoms with E-state index in [1.807, 2.05) is 26.0 Å². The van der Waals surface area contributed by atoms with E-state index in [4.69, 9.17) is 14.6 Å². The van der Waals surface area contributed by atoms with Gasteiger partial charge in [0.2, 0.25) is 0 Å². The van der Waals surface area contributed by atoms with Gasteiger partial charge >= 0.3 is 5.97 Å². The van der Waals surface area contributed by atoms with Crippen LogP contribution in [0, 0.1) is 0 Å². The largest absolute Gasteiger partial charge is 0.482 e. The molecule has 1 rings (SSSR count). The number of ether oxygens (including phenoxy) is 1. The molecule has 1 aromatic rings. The maximum Gasteiger partial charge on any atom is 0.341 e. The maximum atomic E-state index is 10.2. The Morgan fingerprint density at radius 1 is 1.28 bits per heavy atom. The number of hydrogen-bond donors (Lipinski definition) is 1. The summed E-state index contributed by atoms with van der Waals surface area (Å²) in [5, 5.41) is 8.35. The zero-order chi connectivity index (χ0) is 14.4. The van der Waals surface area contributed by atoms with Crippen molar-refractivity contribution >= 4 is 12.3 Å². The monoisotopic (exact) mass is 254 g/mol. The zero-order valence-corrected chi connectivity index (χ0v) is 11.5. The predicted octanol–water partition coefficient (Wildman–Crippen LogP) is 2.94. The van der Waals surface area contributed by atoms with E-state index in [-0.39, 0.29) is 6.61 Å². The molecule has 0 atom stereocenters. The van der Waals surface area contributed by atoms with E-state index in [9.17, 15) is 4.79 Å². The fourth-order valence-electron chi connectivity index (χ4n) is 0.966. The molecule has 102 valence electrons. The number of carboxylic acid groups (broad SMARTS) is 1. The first-order valence-corrected chi connectivity index (χ1v) is 5.97. The van der Waals surface area contributed by atoms with Crippen LogP contribution in [0.1, 0.15) is 33.3 Å². The standard InChI is InChI=1S/C10H12O3.C2H4O.C2H6/c1-2-8-3-5-9(6-4-8)13-7-10(11)12;1-2-3;1-2/h3-6H,2,7H2,1H3,(H,11,12);2H,1H3;1-2H3. The zero-order valence-electron chi connectivity index (χ0n) is 11.5. The molecule has 1 aromatic carbocycles. The van der Waals surface area contributed by atoms with Crippen LogP contribution in [-0.2, 0) is 16.0 Å². The summed E-state index contributed by atoms with van der Waals surface area (Å²) in [6.07, 6.45) is 1.72. The summed E-state index contributed by atoms with van der Waals surface area (Å²) >= 11 is 0. The molecular formula is C14H22O4. The summed E-state index contributed by atoms with van der Waals surface area (Å²) in [4.78, 5) is 19.0. The van der Waals surface area contributed by atoms with Gasteiger partial charge < -0.3 is 14.6 Å². The molecule has 0 spiro atoms. The Morgan fingerprint density at radius 3 is 2.06 bits per heavy atom. The average molecular weight is 254 g/mol. The minimum atomic E-state index is -0.959. The Bertz CT molecular complexity index is 317. The lowest BCUT2D eigenvalue weighted by Crippen LogP contribution is -2.09. The van der Waals surface area contributed by atoms with Crippen LogP contribution in [0.4, 0.5) is 0 Å². The molecule has 0 aliphatic heterocycles. The number of hydrogen-bond acceptors (Lipinski definition) is 3. The van der Waals surface area contributed by atoms with Gasteiger partial charge in [-0.15, -0.1) is 0 Å². The number of aliphatic carboxylic acids is 1. The van der Waals surface area contributed by atoms with Gasteiger partial charge in [0.25, 0.3) is 0 Å². The van der Waals surface area contributed by atoms with Crippen molar-refractivity contribution < 1.29 is 19.4 Å². The van der Waals surface area contributed by atoms with Gasteiger partial charge in [0, 0.05) is 0 Å². The van der Waals surface area contributed by atoms with Crippen molar-refractivity contribution in [2.75, 3.05) is 6.61 Å². The van der Waals surface area contributed by atoms with Crippen molar-refractivity contribution in [3.8, 4) is 5.75 Å². The first-order valence-electron chi connectivity index (χ1n) is 5.97. The number of rotatable bonds is 4. The van der Waals surface area contributed by atoms with Crippen molar-refractivity contribution in [1.29, 1.82) is 0 Å². The Hall–Kier alpha value is -1.84. The van der Waals surface area contributed by atoms with Gasteiger partial charge in [0.05, 0.1) is 0 Å². The summed E-state index contributed by atoms with van der Waals surface area (Å²) in [7, 11) is 0. The Labute approximate surface area is 109 Å². The molecule has 4 heteroatoms. The summed E-state index contributed by atoms with van der Waals surface area (Å²) in [6.45, 7) is 7.22. The molecule has 0 saturated carbocycles. The summed E-state index contributed by atoms with van der Waals surface area (Å²) in [5.74, 6) is -0.362. The Morgan fingerprint density at radius 2 is 1.72 bits per heavy atom. The molecule has 0 aromatic heterocycles. The van der Waals surface area contributed by atoms with Crippen molar-refractivity contribution in [2.45, 2.75) is 34.1 Å². The van der Waals surface area contributed by atoms with Crippen LogP contribution in [0.2, 0.25) is 0 Å². The van der Waals surface area contributed by atoms with Crippen LogP contribution in [0.25, 0.3) is 0 Å². The van der Waals surface area contributed by atoms with Crippen LogP contribution >= 0.6 is 0 Å². The van der Waals surface area contributed by atoms with Crippen LogP contribution in [0.15, 0.2) is 24.3 Å². The van der Waals surface area contributed by atoms with E-state index in [1.54, 1.807) is 12.1 Å². The minimum Gasteiger partial charge on any atom is -0.482 e. The first-order chi connectivity index (χ1) is 8.63. The van der Waals surface area contributed by atoms with Crippen molar-refractivity contribution in [3.63, 3.8) is 0 Å². The average Bonchev–Trinajstić information content (AvgIpc) is 2.40. The number of aldehydes is 1. The van der Waals surface area contributed by atoms with Crippen LogP contribution in [0.3, 0.4) is 0 Å². The highest BCUT2D eigenvalue weighted by Crippen LogP contribution is 2.11. The molecule has 0 aliphatic carbocycles. The second-order valence-corrected chi connectivity index (χ2v) is 2.92. The summed E-state index contributed by atoms with van der Waals surface area (Å²) in [5.41, 5.74) is 1.21. The fraction of sp³-hybridized carbons (Fsp3) is 0.429. The number of aryl methyl sites for hydroxylation is 1. The molecule has 0 bridgehead atoms. The molecular weight excluding hydrogens is 232 g/mol. The molecule has 0 unspecified atom stereocenters. The van der Waals surface area contributed by atoms with Crippen molar-refractivity contribution in [2.24, 2.45) is 0 Å². The molecule has 0 aliphatic rings. The fourth-order valence-corrected chi connectivity index (χ4v) is 0.966. The van der Waals surface area contributed by atoms with E-state index in [2.05, 4.69) is 6.92 Å². The third-order valence-corrected chi connectivity index (χ3v) is 1.69. The topological polar surface area (TPSA) is 63.6 Å². The summed E-state index contributed by atoms with van der Waals surface area (Å²) in [6, 6.07) is 7.41. The molecule has 0 amide bonds. The summed E-state index contributed by atoms with van der Waals surface area (Å²) < 4.78 is 4.97. The molecule has 1 N–H and O–H groups in total. The molecule has 0 heterocycles. The van der Waals surface area contributed by atoms with E-state index in [0.29, 0.717) is 5.75 Å². The Balaban J connectivity index is 0. The van der Waals surface area contributed by atoms with Crippen LogP contribution in [-0.4, -0.2) is 24.0 Å². The molecule has 18 heavy (non-hydrogen) atoms. The number of carbonyl (C=O) groups excluding carboxylic acids is 1. The Kier molecular flexibility index (Phi) is 13.6. The maximum absolute atomic E-state index is 10.2. The highest BCUT2D eigenvalue weighted by atomic mass is 16.5. The normalized spacial score (nSPS) is 8.00. The predicted molar refractivity (Wildman–Crippen MR) is 72.0 cm³/mol. The lowest BCUT2D eigenvalue weighted by atomic mass is 10.2. The molecule has 0 radical (unpaired) electrons. The van der Waals surface area contributed by atoms with Crippen LogP contribution in [0.5, 0.6) is 5.75 Å². The number of carboxylic acids is 1. The van der Waals surface area contributed by atoms with Gasteiger partial charge in [0.15, 0.2) is 6.61 Å². The number of carbonyl (C=O) groups is 2. The van der Waals surface area contributed by atoms with Crippen molar-refractivity contribution in [1.82, 2.24) is 0 Å². The van der Waals surface area contributed by atoms with Gasteiger partial charge in [-0.3, -0.25) is 0 Å². The van der Waals surface area contributed by atoms with Gasteiger partial charge in [-0.25, -0.2) is 4.79 Å². The molecule has 4 nitrogen and oxygen atoms in total. The lowest BCUT2D eigenvalue weighted by Gasteiger charge is -2.03. The minimum absolute atomic E-state index is 0.286. The van der Waals surface area contributed by atoms with E-state index >= 15 is 0 Å². The molecule has 0 fully saturated rings. The highest BCUT2D eigenvalue weighted by molar-refractivity contribution is 5.68. The third kappa shape index (κ3) is 10.7. The van der Waals surface area contributed by atoms with Gasteiger partial charge in [-0.05, 0) is 31.0 Å². The van der Waals surface area contributed by atoms with Crippen LogP contribution < -0.4 is 4.74 Å². The van der Waals surface area contributed by atoms with E-state index < -0.39 is 5.97 Å². The molecule has 0 saturated heterocycles. The van der Waals surface area contributed by atoms with Crippen molar-refractivity contribution in [3.05, 3.63) is 29.8 Å². The highest BCUT2D eigenvalue weighted by Gasteiger charge is 1.98. The van der Waals surface area contributed by atoms with Gasteiger partial charge in [-0.2, -0.15) is 0 Å². The quantitative estimate of drug-likeness (QED) is 0.839. The SMILES string of the molecule is CC.CC=O.CCc1ccc(OCC(=O)O)cc1.